The zero-order chi connectivity index (χ0) is 37.5. The van der Waals surface area contributed by atoms with E-state index < -0.39 is 8.80 Å². The van der Waals surface area contributed by atoms with E-state index in [1.54, 1.807) is 0 Å². The molecule has 0 aromatic heterocycles. The van der Waals surface area contributed by atoms with E-state index in [9.17, 15) is 4.79 Å². The summed E-state index contributed by atoms with van der Waals surface area (Å²) in [5.74, 6) is 1.44. The van der Waals surface area contributed by atoms with Gasteiger partial charge in [0.2, 0.25) is 0 Å². The fourth-order valence-electron chi connectivity index (χ4n) is 7.51. The highest BCUT2D eigenvalue weighted by Crippen LogP contribution is 2.25. The number of hydroxylamine groups is 1. The van der Waals surface area contributed by atoms with Crippen LogP contribution in [-0.4, -0.2) is 39.4 Å². The first-order chi connectivity index (χ1) is 25.7. The molecule has 1 rings (SSSR count). The van der Waals surface area contributed by atoms with Gasteiger partial charge < -0.3 is 8.85 Å². The summed E-state index contributed by atoms with van der Waals surface area (Å²) in [6.07, 6.45) is 45.7. The number of hydrogen-bond acceptors (Lipinski definition) is 6. The van der Waals surface area contributed by atoms with E-state index in [0.29, 0.717) is 17.5 Å². The number of hydrogen-bond donors (Lipinski definition) is 1. The number of carbonyl (C=O) groups excluding carboxylic acids is 1. The summed E-state index contributed by atoms with van der Waals surface area (Å²) in [6.45, 7) is 9.17. The van der Waals surface area contributed by atoms with Crippen LogP contribution in [-0.2, 0) is 18.2 Å². The first-order valence-corrected chi connectivity index (χ1v) is 26.4. The van der Waals surface area contributed by atoms with Crippen LogP contribution in [0.3, 0.4) is 0 Å². The fraction of sp³-hybridized carbons (Fsp3) is 0.978. The van der Waals surface area contributed by atoms with Crippen molar-refractivity contribution in [1.82, 2.24) is 5.48 Å². The minimum absolute atomic E-state index is 0.341. The number of carbonyl (C=O) groups is 1. The van der Waals surface area contributed by atoms with Crippen molar-refractivity contribution in [2.24, 2.45) is 5.92 Å². The standard InChI is InChI=1S/C45H91NO4SSi/c1-4-7-10-13-15-17-19-20-21-22-23-24-26-28-31-34-39-48-52(42-35-41-51-45(47)37-33-29-12-9-6-3)49-40-38-44(43-46-50-52)36-32-30-27-25-18-16-14-11-8-5-2/h44,46H,4-43H2,1-3H3. The van der Waals surface area contributed by atoms with Crippen molar-refractivity contribution in [1.29, 1.82) is 0 Å². The topological polar surface area (TPSA) is 56.8 Å². The molecule has 0 bridgehead atoms. The second-order valence-electron chi connectivity index (χ2n) is 16.2. The lowest BCUT2D eigenvalue weighted by Gasteiger charge is -2.33. The SMILES string of the molecule is CCCCCCCCCCCCCCCCCCO[Si]1(CCCSC(=O)CCCCCCC)OCCC(CCCCCCCCCCCC)CNO1. The molecule has 0 amide bonds. The van der Waals surface area contributed by atoms with Crippen molar-refractivity contribution in [3.8, 4) is 0 Å². The molecule has 52 heavy (non-hydrogen) atoms. The molecule has 0 saturated carbocycles. The Morgan fingerprint density at radius 1 is 0.596 bits per heavy atom. The molecule has 1 aliphatic rings. The monoisotopic (exact) mass is 770 g/mol. The first kappa shape index (κ1) is 50.1. The molecule has 0 radical (unpaired) electrons. The Morgan fingerprint density at radius 2 is 1.04 bits per heavy atom. The zero-order valence-corrected chi connectivity index (χ0v) is 37.2. The van der Waals surface area contributed by atoms with E-state index in [1.165, 1.54) is 204 Å². The summed E-state index contributed by atoms with van der Waals surface area (Å²) in [5, 5.41) is 0.341. The Morgan fingerprint density at radius 3 is 1.54 bits per heavy atom. The maximum absolute atomic E-state index is 12.5. The maximum atomic E-state index is 12.5. The van der Waals surface area contributed by atoms with Crippen molar-refractivity contribution in [2.75, 3.05) is 25.5 Å². The molecular formula is C45H91NO4SSi. The molecule has 1 aliphatic heterocycles. The molecule has 0 spiro atoms. The lowest BCUT2D eigenvalue weighted by Crippen LogP contribution is -2.52. The number of unbranched alkanes of at least 4 members (excludes halogenated alkanes) is 28. The molecule has 1 N–H and O–H groups in total. The maximum Gasteiger partial charge on any atom is 0.517 e. The summed E-state index contributed by atoms with van der Waals surface area (Å²) in [6, 6.07) is 0.790. The number of nitrogens with one attached hydrogen (secondary N) is 1. The van der Waals surface area contributed by atoms with E-state index in [2.05, 4.69) is 26.3 Å². The molecule has 2 unspecified atom stereocenters. The molecule has 7 heteroatoms. The van der Waals surface area contributed by atoms with E-state index in [-0.39, 0.29) is 0 Å². The molecule has 2 atom stereocenters. The predicted octanol–water partition coefficient (Wildman–Crippen LogP) is 15.1. The molecule has 0 aromatic rings. The van der Waals surface area contributed by atoms with Gasteiger partial charge in [0.25, 0.3) is 0 Å². The normalized spacial score (nSPS) is 18.1. The van der Waals surface area contributed by atoms with Gasteiger partial charge in [-0.1, -0.05) is 219 Å². The van der Waals surface area contributed by atoms with Gasteiger partial charge in [-0.3, -0.25) is 9.32 Å². The van der Waals surface area contributed by atoms with Crippen LogP contribution in [0, 0.1) is 5.92 Å². The van der Waals surface area contributed by atoms with Gasteiger partial charge in [-0.15, -0.1) is 0 Å². The highest BCUT2D eigenvalue weighted by Gasteiger charge is 2.42. The average molecular weight is 770 g/mol. The van der Waals surface area contributed by atoms with E-state index in [1.807, 2.05) is 0 Å². The molecule has 310 valence electrons. The molecule has 1 fully saturated rings. The third-order valence-electron chi connectivity index (χ3n) is 11.1. The van der Waals surface area contributed by atoms with Crippen LogP contribution < -0.4 is 5.48 Å². The minimum Gasteiger partial charge on any atom is -0.373 e. The highest BCUT2D eigenvalue weighted by molar-refractivity contribution is 8.13. The van der Waals surface area contributed by atoms with Gasteiger partial charge in [-0.05, 0) is 38.0 Å². The summed E-state index contributed by atoms with van der Waals surface area (Å²) in [4.78, 5) is 12.5. The highest BCUT2D eigenvalue weighted by atomic mass is 32.2. The Hall–Kier alpha value is 0.0769. The van der Waals surface area contributed by atoms with Crippen LogP contribution in [0.2, 0.25) is 6.04 Å². The van der Waals surface area contributed by atoms with Crippen LogP contribution in [0.4, 0.5) is 0 Å². The predicted molar refractivity (Wildman–Crippen MR) is 231 cm³/mol. The van der Waals surface area contributed by atoms with Gasteiger partial charge >= 0.3 is 8.80 Å². The van der Waals surface area contributed by atoms with Crippen LogP contribution in [0.25, 0.3) is 0 Å². The second kappa shape index (κ2) is 39.3. The van der Waals surface area contributed by atoms with E-state index in [0.717, 1.165) is 57.2 Å². The van der Waals surface area contributed by atoms with Crippen LogP contribution in [0.15, 0.2) is 0 Å². The fourth-order valence-corrected chi connectivity index (χ4v) is 11.0. The molecule has 0 aliphatic carbocycles. The Labute approximate surface area is 331 Å². The van der Waals surface area contributed by atoms with E-state index in [4.69, 9.17) is 13.4 Å². The van der Waals surface area contributed by atoms with E-state index >= 15 is 0 Å². The van der Waals surface area contributed by atoms with Crippen LogP contribution >= 0.6 is 11.8 Å². The smallest absolute Gasteiger partial charge is 0.373 e. The van der Waals surface area contributed by atoms with Crippen LogP contribution in [0.5, 0.6) is 0 Å². The van der Waals surface area contributed by atoms with Crippen molar-refractivity contribution < 1.29 is 18.2 Å². The van der Waals surface area contributed by atoms with Crippen LogP contribution in [0.1, 0.15) is 245 Å². The van der Waals surface area contributed by atoms with Crippen molar-refractivity contribution >= 4 is 25.7 Å². The number of rotatable bonds is 39. The summed E-state index contributed by atoms with van der Waals surface area (Å²) >= 11 is 1.50. The molecular weight excluding hydrogens is 679 g/mol. The van der Waals surface area contributed by atoms with Gasteiger partial charge in [0, 0.05) is 38.0 Å². The average Bonchev–Trinajstić information content (AvgIpc) is 3.14. The van der Waals surface area contributed by atoms with Gasteiger partial charge in [0.15, 0.2) is 5.12 Å². The largest absolute Gasteiger partial charge is 0.517 e. The summed E-state index contributed by atoms with van der Waals surface area (Å²) < 4.78 is 19.5. The number of thioether (sulfide) groups is 1. The molecule has 1 saturated heterocycles. The second-order valence-corrected chi connectivity index (χ2v) is 20.0. The third kappa shape index (κ3) is 32.3. The Balaban J connectivity index is 2.30. The molecule has 1 heterocycles. The lowest BCUT2D eigenvalue weighted by atomic mass is 9.97. The lowest BCUT2D eigenvalue weighted by molar-refractivity contribution is -0.111. The first-order valence-electron chi connectivity index (χ1n) is 23.5. The van der Waals surface area contributed by atoms with Gasteiger partial charge in [0.1, 0.15) is 0 Å². The van der Waals surface area contributed by atoms with Crippen molar-refractivity contribution in [3.63, 3.8) is 0 Å². The summed E-state index contributed by atoms with van der Waals surface area (Å²) in [5.41, 5.74) is 3.35. The quantitative estimate of drug-likeness (QED) is 0.0496. The van der Waals surface area contributed by atoms with Gasteiger partial charge in [0.05, 0.1) is 0 Å². The molecule has 0 aromatic carbocycles. The van der Waals surface area contributed by atoms with Gasteiger partial charge in [-0.2, -0.15) is 0 Å². The minimum atomic E-state index is -2.82. The Kier molecular flexibility index (Phi) is 37.9. The third-order valence-corrected chi connectivity index (χ3v) is 14.8. The van der Waals surface area contributed by atoms with Gasteiger partial charge in [-0.25, -0.2) is 5.48 Å². The molecule has 5 nitrogen and oxygen atoms in total. The Bertz CT molecular complexity index is 734. The zero-order valence-electron chi connectivity index (χ0n) is 35.4. The van der Waals surface area contributed by atoms with Crippen molar-refractivity contribution in [3.05, 3.63) is 0 Å². The van der Waals surface area contributed by atoms with Crippen molar-refractivity contribution in [2.45, 2.75) is 252 Å². The summed E-state index contributed by atoms with van der Waals surface area (Å²) in [7, 11) is -2.82.